The van der Waals surface area contributed by atoms with Crippen molar-refractivity contribution in [3.05, 3.63) is 156 Å². The van der Waals surface area contributed by atoms with Crippen molar-refractivity contribution in [3.63, 3.8) is 0 Å². The van der Waals surface area contributed by atoms with E-state index in [4.69, 9.17) is 19.8 Å². The van der Waals surface area contributed by atoms with Crippen molar-refractivity contribution in [2.24, 2.45) is 5.41 Å². The Balaban J connectivity index is 0.000000220. The van der Waals surface area contributed by atoms with E-state index >= 15 is 0 Å². The predicted molar refractivity (Wildman–Crippen MR) is 210 cm³/mol. The molecule has 259 valence electrons. The average molecular weight is 863 g/mol. The molecule has 4 aromatic heterocycles. The molecule has 4 heterocycles. The maximum Gasteiger partial charge on any atom is 0.136 e. The van der Waals surface area contributed by atoms with Crippen LogP contribution in [0.15, 0.2) is 136 Å². The Kier molecular flexibility index (Phi) is 7.29. The molecule has 0 fully saturated rings. The molecule has 0 atom stereocenters. The minimum atomic E-state index is -2.18. The van der Waals surface area contributed by atoms with Crippen molar-refractivity contribution in [1.82, 2.24) is 9.97 Å². The SMILES string of the molecule is [2H]C([2H])([2H])c1c[c-]c(-c2ccc(C([2H])([2H])[2H])cn2)cc1.[2H]C([2H])(c1ccc(-c2ccnc(-c3[c-]ccc4c3oc3ccc5oc6ccccc6c5c34)c2)cc1)C(C)(C)C.[Ir]. The van der Waals surface area contributed by atoms with Crippen LogP contribution >= 0.6 is 0 Å². The molecule has 5 heteroatoms. The van der Waals surface area contributed by atoms with Crippen molar-refractivity contribution in [3.8, 4) is 33.6 Å². The molecule has 0 amide bonds. The minimum Gasteiger partial charge on any atom is -0.501 e. The molecule has 9 rings (SSSR count). The van der Waals surface area contributed by atoms with Gasteiger partial charge in [0.25, 0.3) is 0 Å². The maximum atomic E-state index is 8.58. The summed E-state index contributed by atoms with van der Waals surface area (Å²) < 4.78 is 73.4. The fraction of sp³-hybridized carbons (Fsp3) is 0.149. The number of furan rings is 2. The van der Waals surface area contributed by atoms with Crippen molar-refractivity contribution in [2.45, 2.75) is 40.8 Å². The molecule has 0 aliphatic carbocycles. The van der Waals surface area contributed by atoms with Crippen molar-refractivity contribution >= 4 is 43.9 Å². The van der Waals surface area contributed by atoms with Crippen LogP contribution in [-0.4, -0.2) is 9.97 Å². The van der Waals surface area contributed by atoms with Gasteiger partial charge >= 0.3 is 0 Å². The second-order valence-electron chi connectivity index (χ2n) is 13.4. The number of nitrogens with zero attached hydrogens (tertiary/aromatic N) is 2. The molecule has 5 aromatic carbocycles. The summed E-state index contributed by atoms with van der Waals surface area (Å²) in [6.45, 7) is 1.43. The normalized spacial score (nSPS) is 14.5. The molecule has 0 saturated carbocycles. The summed E-state index contributed by atoms with van der Waals surface area (Å²) >= 11 is 0. The van der Waals surface area contributed by atoms with Crippen molar-refractivity contribution in [2.75, 3.05) is 0 Å². The molecule has 0 saturated heterocycles. The zero-order valence-electron chi connectivity index (χ0n) is 36.7. The third kappa shape index (κ3) is 7.08. The molecule has 0 aliphatic heterocycles. The van der Waals surface area contributed by atoms with Gasteiger partial charge in [-0.15, -0.1) is 53.6 Å². The van der Waals surface area contributed by atoms with Crippen LogP contribution in [0.3, 0.4) is 0 Å². The second kappa shape index (κ2) is 14.3. The van der Waals surface area contributed by atoms with E-state index in [2.05, 4.69) is 28.2 Å². The Hall–Kier alpha value is -5.35. The average Bonchev–Trinajstić information content (AvgIpc) is 3.79. The van der Waals surface area contributed by atoms with Gasteiger partial charge in [0.05, 0.1) is 5.58 Å². The molecule has 0 aliphatic rings. The molecular formula is C47H38IrN2O2-2. The van der Waals surface area contributed by atoms with Crippen LogP contribution in [0.5, 0.6) is 0 Å². The third-order valence-electron chi connectivity index (χ3n) is 8.54. The van der Waals surface area contributed by atoms with E-state index in [9.17, 15) is 0 Å². The molecule has 9 aromatic rings. The first-order chi connectivity index (χ1) is 27.9. The van der Waals surface area contributed by atoms with Gasteiger partial charge in [-0.25, -0.2) is 0 Å². The summed E-state index contributed by atoms with van der Waals surface area (Å²) in [5.41, 5.74) is 8.49. The van der Waals surface area contributed by atoms with Crippen LogP contribution in [0.2, 0.25) is 0 Å². The van der Waals surface area contributed by atoms with E-state index in [1.807, 2.05) is 99.6 Å². The van der Waals surface area contributed by atoms with Gasteiger partial charge < -0.3 is 18.8 Å². The number of para-hydroxylation sites is 1. The van der Waals surface area contributed by atoms with E-state index in [0.29, 0.717) is 16.8 Å². The predicted octanol–water partition coefficient (Wildman–Crippen LogP) is 12.8. The number of hydrogen-bond acceptors (Lipinski definition) is 4. The zero-order chi connectivity index (χ0) is 41.9. The summed E-state index contributed by atoms with van der Waals surface area (Å²) in [5.74, 6) is 0. The topological polar surface area (TPSA) is 52.1 Å². The molecule has 52 heavy (non-hydrogen) atoms. The second-order valence-corrected chi connectivity index (χ2v) is 13.4. The van der Waals surface area contributed by atoms with E-state index < -0.39 is 25.5 Å². The van der Waals surface area contributed by atoms with E-state index in [1.165, 1.54) is 24.4 Å². The summed E-state index contributed by atoms with van der Waals surface area (Å²) in [4.78, 5) is 8.75. The van der Waals surface area contributed by atoms with E-state index in [-0.39, 0.29) is 31.2 Å². The number of rotatable bonds is 4. The number of hydrogen-bond donors (Lipinski definition) is 0. The van der Waals surface area contributed by atoms with Crippen LogP contribution in [-0.2, 0) is 26.5 Å². The summed E-state index contributed by atoms with van der Waals surface area (Å²) in [6.07, 6.45) is 1.66. The summed E-state index contributed by atoms with van der Waals surface area (Å²) in [7, 11) is 0. The molecule has 0 spiro atoms. The molecule has 0 bridgehead atoms. The van der Waals surface area contributed by atoms with Gasteiger partial charge in [-0.05, 0) is 76.5 Å². The first-order valence-electron chi connectivity index (χ1n) is 20.6. The minimum absolute atomic E-state index is 0. The molecule has 4 nitrogen and oxygen atoms in total. The van der Waals surface area contributed by atoms with Gasteiger partial charge in [0.2, 0.25) is 0 Å². The Morgan fingerprint density at radius 2 is 1.46 bits per heavy atom. The smallest absolute Gasteiger partial charge is 0.136 e. The summed E-state index contributed by atoms with van der Waals surface area (Å²) in [6, 6.07) is 41.5. The van der Waals surface area contributed by atoms with Gasteiger partial charge in [0.15, 0.2) is 0 Å². The number of aromatic nitrogens is 2. The van der Waals surface area contributed by atoms with Crippen LogP contribution in [0.1, 0.15) is 48.4 Å². The Bertz CT molecular complexity index is 2910. The van der Waals surface area contributed by atoms with Crippen LogP contribution in [0.25, 0.3) is 77.5 Å². The zero-order valence-corrected chi connectivity index (χ0v) is 31.1. The fourth-order valence-corrected chi connectivity index (χ4v) is 6.30. The van der Waals surface area contributed by atoms with E-state index in [0.717, 1.165) is 66.3 Å². The van der Waals surface area contributed by atoms with Gasteiger partial charge in [-0.1, -0.05) is 99.2 Å². The number of aryl methyl sites for hydroxylation is 2. The van der Waals surface area contributed by atoms with Crippen LogP contribution in [0, 0.1) is 31.3 Å². The molecular weight excluding hydrogens is 817 g/mol. The Morgan fingerprint density at radius 3 is 2.19 bits per heavy atom. The van der Waals surface area contributed by atoms with Crippen LogP contribution in [0.4, 0.5) is 0 Å². The fourth-order valence-electron chi connectivity index (χ4n) is 6.30. The number of pyridine rings is 2. The third-order valence-corrected chi connectivity index (χ3v) is 8.54. The quantitative estimate of drug-likeness (QED) is 0.165. The first kappa shape index (κ1) is 26.4. The number of fused-ring (bicyclic) bond motifs is 7. The van der Waals surface area contributed by atoms with Gasteiger partial charge in [0.1, 0.15) is 16.7 Å². The largest absolute Gasteiger partial charge is 0.501 e. The Morgan fingerprint density at radius 1 is 0.692 bits per heavy atom. The maximum absolute atomic E-state index is 8.58. The number of benzene rings is 5. The van der Waals surface area contributed by atoms with Crippen molar-refractivity contribution < 1.29 is 39.9 Å². The van der Waals surface area contributed by atoms with Gasteiger partial charge in [-0.2, -0.15) is 0 Å². The van der Waals surface area contributed by atoms with Gasteiger partial charge in [-0.3, -0.25) is 0 Å². The van der Waals surface area contributed by atoms with Crippen molar-refractivity contribution in [1.29, 1.82) is 0 Å². The van der Waals surface area contributed by atoms with Gasteiger partial charge in [0, 0.05) is 59.6 Å². The van der Waals surface area contributed by atoms with Crippen LogP contribution < -0.4 is 0 Å². The first-order valence-corrected chi connectivity index (χ1v) is 16.6. The molecule has 1 radical (unpaired) electrons. The Labute approximate surface area is 329 Å². The standard InChI is InChI=1S/C34H26NO2.C13H12N.Ir/c1-34(2,3)20-21-11-13-22(14-12-21)23-17-18-35-27(19-23)24-8-6-9-26-32-30(37-33(24)26)16-15-29-31(32)25-7-4-5-10-28(25)36-29;1-10-3-6-12(7-4-10)13-8-5-11(2)9-14-13;/h4-7,9-19H,20H2,1-3H3;3-6,8-9H,1-2H3;/q2*-1;/i20D2;1D3,2D3;. The summed E-state index contributed by atoms with van der Waals surface area (Å²) in [5, 5.41) is 4.14. The monoisotopic (exact) mass is 863 g/mol. The molecule has 0 unspecified atom stereocenters. The van der Waals surface area contributed by atoms with E-state index in [1.54, 1.807) is 18.3 Å². The molecule has 0 N–H and O–H groups in total.